The Bertz CT molecular complexity index is 214. The third kappa shape index (κ3) is 40.9. The molecular formula is C6H7NNa2O6. The molecule has 0 heterocycles. The van der Waals surface area contributed by atoms with Crippen molar-refractivity contribution in [2.75, 3.05) is 6.54 Å². The summed E-state index contributed by atoms with van der Waals surface area (Å²) in [6.07, 6.45) is 0.769. The number of carbonyl (C=O) groups is 3. The van der Waals surface area contributed by atoms with E-state index in [1.165, 1.54) is 0 Å². The summed E-state index contributed by atoms with van der Waals surface area (Å²) >= 11 is 0. The van der Waals surface area contributed by atoms with E-state index in [0.717, 1.165) is 0 Å². The first kappa shape index (κ1) is 24.4. The molecule has 0 saturated heterocycles. The quantitative estimate of drug-likeness (QED) is 0.365. The van der Waals surface area contributed by atoms with Crippen molar-refractivity contribution in [3.8, 4) is 0 Å². The molecule has 0 aliphatic heterocycles. The summed E-state index contributed by atoms with van der Waals surface area (Å²) in [4.78, 5) is 28.1. The molecule has 0 bridgehead atoms. The summed E-state index contributed by atoms with van der Waals surface area (Å²) in [6.45, 7) is -0.278. The summed E-state index contributed by atoms with van der Waals surface area (Å²) in [5.41, 5.74) is 4.57. The van der Waals surface area contributed by atoms with Gasteiger partial charge < -0.3 is 30.6 Å². The molecular weight excluding hydrogens is 228 g/mol. The molecule has 0 aliphatic rings. The first-order valence-electron chi connectivity index (χ1n) is 2.92. The second-order valence-electron chi connectivity index (χ2n) is 1.57. The van der Waals surface area contributed by atoms with E-state index >= 15 is 0 Å². The van der Waals surface area contributed by atoms with Crippen molar-refractivity contribution < 1.29 is 88.8 Å². The van der Waals surface area contributed by atoms with Crippen LogP contribution >= 0.6 is 0 Å². The first-order chi connectivity index (χ1) is 5.90. The Kier molecular flexibility index (Phi) is 26.9. The van der Waals surface area contributed by atoms with Crippen LogP contribution in [0.1, 0.15) is 0 Å². The minimum Gasteiger partial charge on any atom is -0.545 e. The van der Waals surface area contributed by atoms with Crippen LogP contribution in [0.5, 0.6) is 0 Å². The minimum atomic E-state index is -1.55. The van der Waals surface area contributed by atoms with E-state index in [1.807, 2.05) is 0 Å². The Labute approximate surface area is 130 Å². The van der Waals surface area contributed by atoms with Crippen LogP contribution in [0.25, 0.3) is 0 Å². The zero-order valence-corrected chi connectivity index (χ0v) is 12.4. The number of rotatable bonds is 3. The number of hydrogen-bond donors (Lipinski definition) is 2. The van der Waals surface area contributed by atoms with Gasteiger partial charge in [0.05, 0.1) is 18.5 Å². The fourth-order valence-corrected chi connectivity index (χ4v) is 0.136. The summed E-state index contributed by atoms with van der Waals surface area (Å²) in [6, 6.07) is 0. The van der Waals surface area contributed by atoms with E-state index in [2.05, 4.69) is 5.73 Å². The predicted octanol–water partition coefficient (Wildman–Crippen LogP) is -9.92. The van der Waals surface area contributed by atoms with Crippen molar-refractivity contribution in [3.63, 3.8) is 0 Å². The fourth-order valence-electron chi connectivity index (χ4n) is 0.136. The second kappa shape index (κ2) is 16.5. The SMILES string of the molecule is NCC(=O)O.O=C([O-])C=CC(=O)[O-].[Na+].[Na+]. The molecule has 0 saturated carbocycles. The van der Waals surface area contributed by atoms with E-state index in [9.17, 15) is 24.6 Å². The molecule has 0 fully saturated rings. The molecule has 0 rings (SSSR count). The fraction of sp³-hybridized carbons (Fsp3) is 0.167. The van der Waals surface area contributed by atoms with Gasteiger partial charge in [0.1, 0.15) is 0 Å². The Hall–Kier alpha value is 0.110. The van der Waals surface area contributed by atoms with E-state index in [0.29, 0.717) is 12.2 Å². The molecule has 15 heavy (non-hydrogen) atoms. The van der Waals surface area contributed by atoms with E-state index in [1.54, 1.807) is 0 Å². The van der Waals surface area contributed by atoms with E-state index < -0.39 is 17.9 Å². The van der Waals surface area contributed by atoms with Gasteiger partial charge in [0.25, 0.3) is 0 Å². The van der Waals surface area contributed by atoms with Gasteiger partial charge in [-0.3, -0.25) is 4.79 Å². The van der Waals surface area contributed by atoms with E-state index in [4.69, 9.17) is 5.11 Å². The summed E-state index contributed by atoms with van der Waals surface area (Å²) in [7, 11) is 0. The van der Waals surface area contributed by atoms with Crippen LogP contribution in [0.4, 0.5) is 0 Å². The maximum atomic E-state index is 9.41. The van der Waals surface area contributed by atoms with Crippen LogP contribution < -0.4 is 75.1 Å². The van der Waals surface area contributed by atoms with Gasteiger partial charge in [-0.25, -0.2) is 0 Å². The summed E-state index contributed by atoms with van der Waals surface area (Å²) < 4.78 is 0. The average Bonchev–Trinajstić information content (AvgIpc) is 2.02. The molecule has 7 nitrogen and oxygen atoms in total. The van der Waals surface area contributed by atoms with Crippen LogP contribution in [-0.4, -0.2) is 29.6 Å². The zero-order chi connectivity index (χ0) is 10.9. The van der Waals surface area contributed by atoms with Gasteiger partial charge in [-0.2, -0.15) is 0 Å². The number of aliphatic carboxylic acids is 3. The zero-order valence-electron chi connectivity index (χ0n) is 8.43. The van der Waals surface area contributed by atoms with Crippen molar-refractivity contribution in [2.24, 2.45) is 5.73 Å². The smallest absolute Gasteiger partial charge is 0.545 e. The van der Waals surface area contributed by atoms with Crippen LogP contribution in [0.3, 0.4) is 0 Å². The normalized spacial score (nSPS) is 7.53. The molecule has 0 aromatic rings. The Balaban J connectivity index is -0.0000000770. The topological polar surface area (TPSA) is 144 Å². The largest absolute Gasteiger partial charge is 1.00 e. The molecule has 0 atom stereocenters. The van der Waals surface area contributed by atoms with Crippen LogP contribution in [0.2, 0.25) is 0 Å². The van der Waals surface area contributed by atoms with Crippen molar-refractivity contribution in [1.82, 2.24) is 0 Å². The van der Waals surface area contributed by atoms with E-state index in [-0.39, 0.29) is 65.7 Å². The number of carboxylic acid groups (broad SMARTS) is 3. The van der Waals surface area contributed by atoms with Gasteiger partial charge in [-0.15, -0.1) is 0 Å². The Morgan fingerprint density at radius 2 is 1.27 bits per heavy atom. The molecule has 0 unspecified atom stereocenters. The number of hydrogen-bond acceptors (Lipinski definition) is 6. The Morgan fingerprint density at radius 1 is 1.07 bits per heavy atom. The minimum absolute atomic E-state index is 0. The molecule has 9 heteroatoms. The van der Waals surface area contributed by atoms with Crippen molar-refractivity contribution in [3.05, 3.63) is 12.2 Å². The van der Waals surface area contributed by atoms with Gasteiger partial charge in [0.15, 0.2) is 0 Å². The summed E-state index contributed by atoms with van der Waals surface area (Å²) in [5, 5.41) is 26.4. The van der Waals surface area contributed by atoms with Crippen molar-refractivity contribution in [2.45, 2.75) is 0 Å². The second-order valence-corrected chi connectivity index (χ2v) is 1.57. The molecule has 0 radical (unpaired) electrons. The number of carbonyl (C=O) groups excluding carboxylic acids is 2. The number of nitrogens with two attached hydrogens (primary N) is 1. The number of carboxylic acids is 3. The standard InChI is InChI=1S/C4H4O4.C2H5NO2.2Na/c5-3(6)1-2-4(7)8;3-1-2(4)5;;/h1-2H,(H,5,6)(H,7,8);1,3H2,(H,4,5);;/q;;2*+1/p-2. The Morgan fingerprint density at radius 3 is 1.33 bits per heavy atom. The molecule has 3 N–H and O–H groups in total. The third-order valence-corrected chi connectivity index (χ3v) is 0.530. The molecule has 0 aromatic carbocycles. The van der Waals surface area contributed by atoms with Crippen LogP contribution in [-0.2, 0) is 14.4 Å². The molecule has 74 valence electrons. The average molecular weight is 235 g/mol. The van der Waals surface area contributed by atoms with Crippen LogP contribution in [0.15, 0.2) is 12.2 Å². The molecule has 0 aromatic heterocycles. The molecule has 0 amide bonds. The maximum Gasteiger partial charge on any atom is 1.00 e. The van der Waals surface area contributed by atoms with Gasteiger partial charge in [-0.1, -0.05) is 0 Å². The molecule has 0 aliphatic carbocycles. The summed E-state index contributed by atoms with van der Waals surface area (Å²) in [5.74, 6) is -4.06. The van der Waals surface area contributed by atoms with Crippen molar-refractivity contribution >= 4 is 17.9 Å². The third-order valence-electron chi connectivity index (χ3n) is 0.530. The van der Waals surface area contributed by atoms with Gasteiger partial charge in [0, 0.05) is 0 Å². The molecule has 0 spiro atoms. The van der Waals surface area contributed by atoms with Gasteiger partial charge in [0.2, 0.25) is 0 Å². The monoisotopic (exact) mass is 235 g/mol. The van der Waals surface area contributed by atoms with Crippen LogP contribution in [0, 0.1) is 0 Å². The maximum absolute atomic E-state index is 9.41. The van der Waals surface area contributed by atoms with Gasteiger partial charge >= 0.3 is 65.1 Å². The first-order valence-corrected chi connectivity index (χ1v) is 2.92. The van der Waals surface area contributed by atoms with Gasteiger partial charge in [-0.05, 0) is 12.2 Å². The predicted molar refractivity (Wildman–Crippen MR) is 35.8 cm³/mol. The van der Waals surface area contributed by atoms with Crippen molar-refractivity contribution in [1.29, 1.82) is 0 Å².